The van der Waals surface area contributed by atoms with Crippen molar-refractivity contribution in [1.29, 1.82) is 0 Å². The molecule has 0 spiro atoms. The first-order chi connectivity index (χ1) is 34.1. The Hall–Kier alpha value is -7.62. The van der Waals surface area contributed by atoms with Gasteiger partial charge in [0.1, 0.15) is 48.3 Å². The fourth-order valence-corrected chi connectivity index (χ4v) is 6.10. The molecule has 0 radical (unpaired) electrons. The number of rotatable bonds is 37. The summed E-state index contributed by atoms with van der Waals surface area (Å²) >= 11 is 0. The van der Waals surface area contributed by atoms with Crippen molar-refractivity contribution in [2.45, 2.75) is 126 Å². The van der Waals surface area contributed by atoms with Crippen molar-refractivity contribution >= 4 is 82.8 Å². The number of hydrogen-bond donors (Lipinski definition) is 19. The summed E-state index contributed by atoms with van der Waals surface area (Å²) in [5.74, 6) is -18.5. The second-order valence-electron chi connectivity index (χ2n) is 16.3. The quantitative estimate of drug-likeness (QED) is 0.0257. The number of carbonyl (C=O) groups excluding carboxylic acids is 12. The van der Waals surface area contributed by atoms with E-state index in [1.165, 1.54) is 6.92 Å². The number of hydrogen-bond acceptors (Lipinski definition) is 19. The van der Waals surface area contributed by atoms with Crippen LogP contribution in [0.25, 0.3) is 0 Å². The van der Waals surface area contributed by atoms with E-state index in [1.807, 2.05) is 26.6 Å². The molecule has 412 valence electrons. The molecular weight excluding hydrogens is 981 g/mol. The predicted molar refractivity (Wildman–Crippen MR) is 246 cm³/mol. The van der Waals surface area contributed by atoms with E-state index in [-0.39, 0.29) is 12.8 Å². The Labute approximate surface area is 416 Å². The van der Waals surface area contributed by atoms with E-state index >= 15 is 0 Å². The summed E-state index contributed by atoms with van der Waals surface area (Å²) in [5.41, 5.74) is 26.8. The number of nitrogens with one attached hydrogen (secondary N) is 9. The van der Waals surface area contributed by atoms with E-state index < -0.39 is 202 Å². The zero-order valence-corrected chi connectivity index (χ0v) is 40.0. The Morgan fingerprint density at radius 2 is 0.877 bits per heavy atom. The standard InChI is InChI=1S/C40H68N14O19/c1-3-17(2)31(40(72)73)54-37(69)21(11-28(45)60)49-38(70)25(16-57)53-35(67)20(10-27(44)59)48-36(68)22(12-30(62)63)50-34(66)19(7-8-26(43)58)47-29(61)13-46-33(65)23(14-55)52-39(71)24(15-56)51-32(64)18(42)6-4-5-9-41/h17-25,31,55-57H,3-16,41-42H2,1-2H3,(H2,43,58)(H2,44,59)(H2,45,60)(H,46,65)(H,47,61)(H,48,68)(H,49,70)(H,50,66)(H,51,64)(H,52,71)(H,53,67)(H,54,69)(H,62,63)(H,72,73)/t17-,18-,19-,20-,21-,22-,23-,24-,25-,31-/m0/s1. The molecule has 10 atom stereocenters. The van der Waals surface area contributed by atoms with Gasteiger partial charge < -0.3 is 102 Å². The van der Waals surface area contributed by atoms with Crippen LogP contribution in [0.2, 0.25) is 0 Å². The zero-order valence-electron chi connectivity index (χ0n) is 40.0. The number of unbranched alkanes of at least 4 members (excludes halogenated alkanes) is 1. The average Bonchev–Trinajstić information content (AvgIpc) is 3.31. The van der Waals surface area contributed by atoms with E-state index in [0.29, 0.717) is 19.4 Å². The van der Waals surface area contributed by atoms with Crippen LogP contribution in [0.1, 0.15) is 71.6 Å². The molecule has 33 heteroatoms. The smallest absolute Gasteiger partial charge is 0.326 e. The number of aliphatic carboxylic acids is 2. The van der Waals surface area contributed by atoms with Gasteiger partial charge in [-0.1, -0.05) is 26.7 Å². The van der Waals surface area contributed by atoms with Gasteiger partial charge in [0.15, 0.2) is 0 Å². The van der Waals surface area contributed by atoms with Gasteiger partial charge >= 0.3 is 11.9 Å². The molecule has 24 N–H and O–H groups in total. The lowest BCUT2D eigenvalue weighted by atomic mass is 9.98. The van der Waals surface area contributed by atoms with Crippen molar-refractivity contribution in [3.05, 3.63) is 0 Å². The molecular formula is C40H68N14O19. The molecule has 0 aromatic heterocycles. The third-order valence-electron chi connectivity index (χ3n) is 10.4. The lowest BCUT2D eigenvalue weighted by molar-refractivity contribution is -0.144. The Morgan fingerprint density at radius 3 is 1.27 bits per heavy atom. The van der Waals surface area contributed by atoms with Gasteiger partial charge in [-0.2, -0.15) is 0 Å². The molecule has 0 aromatic carbocycles. The molecule has 0 aliphatic carbocycles. The van der Waals surface area contributed by atoms with Crippen molar-refractivity contribution in [3.63, 3.8) is 0 Å². The second-order valence-corrected chi connectivity index (χ2v) is 16.3. The topological polar surface area (TPSA) is 578 Å². The maximum absolute atomic E-state index is 13.5. The molecule has 0 rings (SSSR count). The molecule has 0 bridgehead atoms. The van der Waals surface area contributed by atoms with Crippen molar-refractivity contribution in [2.75, 3.05) is 32.9 Å². The van der Waals surface area contributed by atoms with E-state index in [9.17, 15) is 92.7 Å². The summed E-state index contributed by atoms with van der Waals surface area (Å²) < 4.78 is 0. The van der Waals surface area contributed by atoms with Crippen LogP contribution in [0.15, 0.2) is 0 Å². The largest absolute Gasteiger partial charge is 0.481 e. The van der Waals surface area contributed by atoms with E-state index in [2.05, 4.69) is 21.3 Å². The molecule has 33 nitrogen and oxygen atoms in total. The molecule has 0 saturated carbocycles. The second kappa shape index (κ2) is 33.9. The van der Waals surface area contributed by atoms with Gasteiger partial charge in [0.05, 0.1) is 51.7 Å². The van der Waals surface area contributed by atoms with E-state index in [1.54, 1.807) is 6.92 Å². The van der Waals surface area contributed by atoms with Gasteiger partial charge in [0.2, 0.25) is 70.9 Å². The fourth-order valence-electron chi connectivity index (χ4n) is 6.10. The van der Waals surface area contributed by atoms with Crippen LogP contribution >= 0.6 is 0 Å². The minimum absolute atomic E-state index is 0.198. The molecule has 0 unspecified atom stereocenters. The molecule has 0 aliphatic heterocycles. The minimum atomic E-state index is -2.16. The van der Waals surface area contributed by atoms with Crippen LogP contribution in [0.4, 0.5) is 0 Å². The van der Waals surface area contributed by atoms with Crippen LogP contribution in [-0.2, 0) is 67.1 Å². The number of amides is 12. The van der Waals surface area contributed by atoms with Gasteiger partial charge in [-0.3, -0.25) is 62.3 Å². The number of carboxylic acid groups (broad SMARTS) is 2. The molecule has 12 amide bonds. The lowest BCUT2D eigenvalue weighted by Gasteiger charge is -2.26. The highest BCUT2D eigenvalue weighted by atomic mass is 16.4. The average molecular weight is 1050 g/mol. The number of carbonyl (C=O) groups is 14. The number of aliphatic hydroxyl groups excluding tert-OH is 3. The van der Waals surface area contributed by atoms with Gasteiger partial charge in [-0.05, 0) is 31.7 Å². The van der Waals surface area contributed by atoms with Crippen LogP contribution in [-0.4, -0.2) is 196 Å². The lowest BCUT2D eigenvalue weighted by Crippen LogP contribution is -2.61. The molecule has 0 aliphatic rings. The summed E-state index contributed by atoms with van der Waals surface area (Å²) in [6.45, 7) is -0.820. The van der Waals surface area contributed by atoms with Crippen molar-refractivity contribution in [1.82, 2.24) is 47.9 Å². The Balaban J connectivity index is 6.17. The van der Waals surface area contributed by atoms with Gasteiger partial charge in [-0.15, -0.1) is 0 Å². The van der Waals surface area contributed by atoms with Crippen LogP contribution < -0.4 is 76.5 Å². The number of primary amides is 3. The predicted octanol–water partition coefficient (Wildman–Crippen LogP) is -11.0. The van der Waals surface area contributed by atoms with Crippen LogP contribution in [0.5, 0.6) is 0 Å². The number of nitrogens with two attached hydrogens (primary N) is 5. The Morgan fingerprint density at radius 1 is 0.479 bits per heavy atom. The van der Waals surface area contributed by atoms with Crippen molar-refractivity contribution in [3.8, 4) is 0 Å². The number of carboxylic acids is 2. The summed E-state index contributed by atoms with van der Waals surface area (Å²) in [6.07, 6.45) is -2.92. The fraction of sp³-hybridized carbons (Fsp3) is 0.650. The third-order valence-corrected chi connectivity index (χ3v) is 10.4. The highest BCUT2D eigenvalue weighted by molar-refractivity contribution is 6.00. The first kappa shape index (κ1) is 65.4. The Kier molecular flexibility index (Phi) is 30.3. The summed E-state index contributed by atoms with van der Waals surface area (Å²) in [7, 11) is 0. The minimum Gasteiger partial charge on any atom is -0.481 e. The van der Waals surface area contributed by atoms with Gasteiger partial charge in [0.25, 0.3) is 0 Å². The zero-order chi connectivity index (χ0) is 56.1. The maximum atomic E-state index is 13.5. The first-order valence-electron chi connectivity index (χ1n) is 22.4. The maximum Gasteiger partial charge on any atom is 0.326 e. The molecule has 0 fully saturated rings. The highest BCUT2D eigenvalue weighted by Gasteiger charge is 2.36. The van der Waals surface area contributed by atoms with Gasteiger partial charge in [0, 0.05) is 6.42 Å². The Bertz CT molecular complexity index is 1990. The monoisotopic (exact) mass is 1050 g/mol. The van der Waals surface area contributed by atoms with Crippen molar-refractivity contribution in [2.24, 2.45) is 34.6 Å². The molecule has 0 saturated heterocycles. The normalized spacial score (nSPS) is 14.9. The summed E-state index contributed by atoms with van der Waals surface area (Å²) in [6, 6.07) is -15.9. The SMILES string of the molecule is CC[C@H](C)[C@H](NC(=O)[C@H](CC(N)=O)NC(=O)[C@H](CO)NC(=O)[C@H](CC(N)=O)NC(=O)[C@H](CC(=O)O)NC(=O)[C@H](CCC(N)=O)NC(=O)CNC(=O)[C@H](CO)NC(=O)[C@H](CO)NC(=O)[C@@H](N)CCCCN)C(=O)O. The number of aliphatic hydroxyl groups is 3. The summed E-state index contributed by atoms with van der Waals surface area (Å²) in [5, 5.41) is 67.1. The molecule has 0 heterocycles. The van der Waals surface area contributed by atoms with E-state index in [4.69, 9.17) is 28.7 Å². The molecule has 0 aromatic rings. The van der Waals surface area contributed by atoms with Crippen molar-refractivity contribution < 1.29 is 92.7 Å². The van der Waals surface area contributed by atoms with E-state index in [0.717, 1.165) is 0 Å². The van der Waals surface area contributed by atoms with Gasteiger partial charge in [-0.25, -0.2) is 4.79 Å². The third kappa shape index (κ3) is 25.4. The molecule has 73 heavy (non-hydrogen) atoms. The van der Waals surface area contributed by atoms with Crippen LogP contribution in [0, 0.1) is 5.92 Å². The van der Waals surface area contributed by atoms with Crippen LogP contribution in [0.3, 0.4) is 0 Å². The first-order valence-corrected chi connectivity index (χ1v) is 22.4. The summed E-state index contributed by atoms with van der Waals surface area (Å²) in [4.78, 5) is 176. The highest BCUT2D eigenvalue weighted by Crippen LogP contribution is 2.10.